The average molecular weight is 151 g/mol. The van der Waals surface area contributed by atoms with Crippen LogP contribution in [0.2, 0.25) is 0 Å². The summed E-state index contributed by atoms with van der Waals surface area (Å²) in [5.41, 5.74) is 2.54. The van der Waals surface area contributed by atoms with Gasteiger partial charge in [-0.2, -0.15) is 0 Å². The summed E-state index contributed by atoms with van der Waals surface area (Å²) < 4.78 is 0. The van der Waals surface area contributed by atoms with Crippen LogP contribution in [0.25, 0.3) is 0 Å². The third-order valence-electron chi connectivity index (χ3n) is 1.78. The van der Waals surface area contributed by atoms with Crippen molar-refractivity contribution in [1.29, 1.82) is 0 Å². The third kappa shape index (κ3) is 0.764. The molecule has 10 heavy (non-hydrogen) atoms. The predicted octanol–water partition coefficient (Wildman–Crippen LogP) is 2.94. The number of hydrogen-bond acceptors (Lipinski definition) is 0. The molecule has 0 atom stereocenters. The van der Waals surface area contributed by atoms with Gasteiger partial charge in [-0.15, -0.1) is 0 Å². The largest absolute Gasteiger partial charge is 0.0840 e. The van der Waals surface area contributed by atoms with E-state index in [-0.39, 0.29) is 0 Å². The molecule has 50 valence electrons. The second kappa shape index (κ2) is 2.14. The van der Waals surface area contributed by atoms with Crippen molar-refractivity contribution in [2.24, 2.45) is 0 Å². The molecule has 2 aliphatic carbocycles. The number of hydrogen-bond donors (Lipinski definition) is 0. The number of allylic oxidation sites excluding steroid dienone is 8. The fourth-order valence-electron chi connectivity index (χ4n) is 1.23. The van der Waals surface area contributed by atoms with Gasteiger partial charge in [0.1, 0.15) is 0 Å². The van der Waals surface area contributed by atoms with Crippen molar-refractivity contribution in [2.45, 2.75) is 6.42 Å². The summed E-state index contributed by atoms with van der Waals surface area (Å²) in [6.07, 6.45) is 11.3. The summed E-state index contributed by atoms with van der Waals surface area (Å²) in [5.74, 6) is 0. The van der Waals surface area contributed by atoms with Gasteiger partial charge in [-0.1, -0.05) is 35.9 Å². The van der Waals surface area contributed by atoms with Crippen LogP contribution in [0, 0.1) is 0 Å². The zero-order valence-electron chi connectivity index (χ0n) is 5.47. The van der Waals surface area contributed by atoms with Crippen LogP contribution in [0.4, 0.5) is 0 Å². The van der Waals surface area contributed by atoms with E-state index in [0.717, 1.165) is 11.5 Å². The Morgan fingerprint density at radius 1 is 1.30 bits per heavy atom. The number of rotatable bonds is 0. The molecule has 2 aliphatic rings. The lowest BCUT2D eigenvalue weighted by Crippen LogP contribution is -1.86. The van der Waals surface area contributed by atoms with Crippen molar-refractivity contribution in [3.8, 4) is 0 Å². The van der Waals surface area contributed by atoms with Crippen LogP contribution in [0.1, 0.15) is 6.42 Å². The van der Waals surface area contributed by atoms with Gasteiger partial charge >= 0.3 is 0 Å². The summed E-state index contributed by atoms with van der Waals surface area (Å²) in [7, 11) is 0. The van der Waals surface area contributed by atoms with Gasteiger partial charge in [0.15, 0.2) is 0 Å². The van der Waals surface area contributed by atoms with Crippen molar-refractivity contribution in [1.82, 2.24) is 0 Å². The minimum Gasteiger partial charge on any atom is -0.0840 e. The summed E-state index contributed by atoms with van der Waals surface area (Å²) in [5, 5.41) is 0.899. The first-order chi connectivity index (χ1) is 4.88. The standard InChI is InChI=1S/C9H7Cl/c10-9-6-5-7-3-1-2-4-8(7)9/h1-3,5-6H,4H2. The van der Waals surface area contributed by atoms with Crippen LogP contribution in [0.15, 0.2) is 46.6 Å². The molecular weight excluding hydrogens is 144 g/mol. The van der Waals surface area contributed by atoms with E-state index >= 15 is 0 Å². The topological polar surface area (TPSA) is 0 Å². The maximum atomic E-state index is 5.90. The van der Waals surface area contributed by atoms with Gasteiger partial charge in [-0.05, 0) is 23.6 Å². The SMILES string of the molecule is ClC1=C2CC=CC=C2C=C1. The van der Waals surface area contributed by atoms with E-state index in [1.807, 2.05) is 6.08 Å². The molecule has 0 aromatic heterocycles. The molecular formula is C9H7Cl. The van der Waals surface area contributed by atoms with Crippen molar-refractivity contribution in [3.05, 3.63) is 46.6 Å². The lowest BCUT2D eigenvalue weighted by Gasteiger charge is -2.04. The fraction of sp³-hybridized carbons (Fsp3) is 0.111. The highest BCUT2D eigenvalue weighted by atomic mass is 35.5. The molecule has 0 aliphatic heterocycles. The summed E-state index contributed by atoms with van der Waals surface area (Å²) >= 11 is 5.90. The Morgan fingerprint density at radius 3 is 3.00 bits per heavy atom. The Hall–Kier alpha value is -0.750. The Balaban J connectivity index is 2.50. The van der Waals surface area contributed by atoms with Gasteiger partial charge in [0.25, 0.3) is 0 Å². The van der Waals surface area contributed by atoms with Gasteiger partial charge < -0.3 is 0 Å². The highest BCUT2D eigenvalue weighted by molar-refractivity contribution is 6.32. The van der Waals surface area contributed by atoms with Gasteiger partial charge in [0.05, 0.1) is 0 Å². The molecule has 0 N–H and O–H groups in total. The lowest BCUT2D eigenvalue weighted by atomic mass is 10.0. The zero-order valence-corrected chi connectivity index (χ0v) is 6.23. The Morgan fingerprint density at radius 2 is 2.20 bits per heavy atom. The van der Waals surface area contributed by atoms with Gasteiger partial charge in [-0.3, -0.25) is 0 Å². The third-order valence-corrected chi connectivity index (χ3v) is 2.13. The summed E-state index contributed by atoms with van der Waals surface area (Å²) in [6.45, 7) is 0. The molecule has 0 nitrogen and oxygen atoms in total. The zero-order chi connectivity index (χ0) is 6.97. The molecule has 0 heterocycles. The van der Waals surface area contributed by atoms with Crippen LogP contribution < -0.4 is 0 Å². The van der Waals surface area contributed by atoms with Gasteiger partial charge in [0.2, 0.25) is 0 Å². The second-order valence-corrected chi connectivity index (χ2v) is 2.82. The molecule has 0 aromatic rings. The van der Waals surface area contributed by atoms with Gasteiger partial charge in [-0.25, -0.2) is 0 Å². The van der Waals surface area contributed by atoms with Gasteiger partial charge in [0, 0.05) is 5.03 Å². The Kier molecular flexibility index (Phi) is 1.28. The first-order valence-electron chi connectivity index (χ1n) is 3.32. The highest BCUT2D eigenvalue weighted by Gasteiger charge is 2.12. The van der Waals surface area contributed by atoms with E-state index in [4.69, 9.17) is 11.6 Å². The molecule has 0 aromatic carbocycles. The molecule has 0 bridgehead atoms. The van der Waals surface area contributed by atoms with E-state index < -0.39 is 0 Å². The van der Waals surface area contributed by atoms with Crippen molar-refractivity contribution < 1.29 is 0 Å². The minimum absolute atomic E-state index is 0.899. The molecule has 0 saturated heterocycles. The lowest BCUT2D eigenvalue weighted by molar-refractivity contribution is 1.23. The maximum Gasteiger partial charge on any atom is 0.0447 e. The first kappa shape index (κ1) is 5.99. The molecule has 0 saturated carbocycles. The normalized spacial score (nSPS) is 21.5. The molecule has 0 radical (unpaired) electrons. The van der Waals surface area contributed by atoms with E-state index in [1.54, 1.807) is 0 Å². The monoisotopic (exact) mass is 150 g/mol. The van der Waals surface area contributed by atoms with E-state index in [0.29, 0.717) is 0 Å². The van der Waals surface area contributed by atoms with Crippen LogP contribution >= 0.6 is 11.6 Å². The predicted molar refractivity (Wildman–Crippen MR) is 43.9 cm³/mol. The maximum absolute atomic E-state index is 5.90. The van der Waals surface area contributed by atoms with Crippen molar-refractivity contribution in [2.75, 3.05) is 0 Å². The molecule has 2 rings (SSSR count). The van der Waals surface area contributed by atoms with Crippen LogP contribution in [-0.2, 0) is 0 Å². The molecule has 0 unspecified atom stereocenters. The smallest absolute Gasteiger partial charge is 0.0447 e. The van der Waals surface area contributed by atoms with Crippen LogP contribution in [-0.4, -0.2) is 0 Å². The Labute approximate surface area is 65.2 Å². The van der Waals surface area contributed by atoms with Crippen molar-refractivity contribution >= 4 is 11.6 Å². The van der Waals surface area contributed by atoms with Crippen molar-refractivity contribution in [3.63, 3.8) is 0 Å². The summed E-state index contributed by atoms with van der Waals surface area (Å²) in [6, 6.07) is 0. The minimum atomic E-state index is 0.899. The molecule has 0 fully saturated rings. The number of halogens is 1. The first-order valence-corrected chi connectivity index (χ1v) is 3.69. The van der Waals surface area contributed by atoms with Crippen LogP contribution in [0.5, 0.6) is 0 Å². The highest BCUT2D eigenvalue weighted by Crippen LogP contribution is 2.31. The Bertz CT molecular complexity index is 277. The average Bonchev–Trinajstić information content (AvgIpc) is 2.34. The quantitative estimate of drug-likeness (QED) is 0.498. The fourth-order valence-corrected chi connectivity index (χ4v) is 1.48. The van der Waals surface area contributed by atoms with E-state index in [1.165, 1.54) is 11.1 Å². The van der Waals surface area contributed by atoms with E-state index in [9.17, 15) is 0 Å². The molecule has 1 heteroatoms. The molecule has 0 spiro atoms. The second-order valence-electron chi connectivity index (χ2n) is 2.41. The number of fused-ring (bicyclic) bond motifs is 1. The van der Waals surface area contributed by atoms with Crippen LogP contribution in [0.3, 0.4) is 0 Å². The van der Waals surface area contributed by atoms with E-state index in [2.05, 4.69) is 24.3 Å². The summed E-state index contributed by atoms with van der Waals surface area (Å²) in [4.78, 5) is 0. The molecule has 0 amide bonds.